The molecule has 57 heavy (non-hydrogen) atoms. The zero-order chi connectivity index (χ0) is 43.4. The summed E-state index contributed by atoms with van der Waals surface area (Å²) in [7, 11) is 11.9. The van der Waals surface area contributed by atoms with Crippen LogP contribution in [0.2, 0.25) is 20.5 Å². The second-order valence-electron chi connectivity index (χ2n) is 11.2. The highest BCUT2D eigenvalue weighted by atomic mass is 36.0. The third kappa shape index (κ3) is 18.4. The zero-order valence-electron chi connectivity index (χ0n) is 30.6. The second kappa shape index (κ2) is 23.6. The minimum atomic E-state index is -3.22. The van der Waals surface area contributed by atoms with Gasteiger partial charge >= 0.3 is 5.20 Å². The molecular formula is C28H32Cl10N14O4P+3. The number of hydrazone groups is 3. The third-order valence-electron chi connectivity index (χ3n) is 6.20. The van der Waals surface area contributed by atoms with E-state index < -0.39 is 5.20 Å². The topological polar surface area (TPSA) is 196 Å². The van der Waals surface area contributed by atoms with Crippen LogP contribution >= 0.6 is 120 Å². The lowest BCUT2D eigenvalue weighted by atomic mass is 10.2. The Labute approximate surface area is 375 Å². The molecule has 0 fully saturated rings. The average molecular weight is 1010 g/mol. The lowest BCUT2D eigenvalue weighted by Crippen LogP contribution is -2.22. The number of nitrogens with zero attached hydrogens (tertiary/aromatic N) is 13. The number of H-pyrrole nitrogens is 1. The summed E-state index contributed by atoms with van der Waals surface area (Å²) < 4.78 is 14.3. The summed E-state index contributed by atoms with van der Waals surface area (Å²) in [5, 5.41) is 43.8. The van der Waals surface area contributed by atoms with Crippen molar-refractivity contribution in [2.75, 3.05) is 49.3 Å². The molecule has 0 aromatic carbocycles. The molecule has 0 aliphatic carbocycles. The van der Waals surface area contributed by atoms with Gasteiger partial charge in [0.05, 0.1) is 24.3 Å². The van der Waals surface area contributed by atoms with Crippen LogP contribution in [-0.2, 0) is 4.57 Å². The normalized spacial score (nSPS) is 14.8. The molecule has 0 saturated heterocycles. The summed E-state index contributed by atoms with van der Waals surface area (Å²) >= 11 is 54.4. The first kappa shape index (κ1) is 51.0. The van der Waals surface area contributed by atoms with E-state index in [9.17, 15) is 9.36 Å². The minimum absolute atomic E-state index is 0.206. The number of aromatic nitrogens is 6. The van der Waals surface area contributed by atoms with Gasteiger partial charge in [0, 0.05) is 55.6 Å². The maximum atomic E-state index is 11.6. The van der Waals surface area contributed by atoms with Crippen molar-refractivity contribution in [1.82, 2.24) is 40.7 Å². The van der Waals surface area contributed by atoms with Crippen molar-refractivity contribution in [3.63, 3.8) is 0 Å². The summed E-state index contributed by atoms with van der Waals surface area (Å²) in [4.78, 5) is 17.1. The molecule has 0 bridgehead atoms. The molecule has 0 amide bonds. The van der Waals surface area contributed by atoms with Gasteiger partial charge in [-0.2, -0.15) is 15.2 Å². The summed E-state index contributed by atoms with van der Waals surface area (Å²) in [5.41, 5.74) is 3.48. The van der Waals surface area contributed by atoms with Gasteiger partial charge in [-0.1, -0.05) is 95.3 Å². The van der Waals surface area contributed by atoms with Crippen LogP contribution in [-0.4, -0.2) is 142 Å². The second-order valence-corrected chi connectivity index (χ2v) is 20.7. The molecule has 29 heteroatoms. The van der Waals surface area contributed by atoms with Crippen LogP contribution < -0.4 is 10.3 Å². The molecule has 3 aliphatic heterocycles. The Balaban J connectivity index is 0.000000267. The Morgan fingerprint density at radius 1 is 0.684 bits per heavy atom. The molecule has 0 saturated carbocycles. The first-order valence-electron chi connectivity index (χ1n) is 15.2. The Morgan fingerprint density at radius 2 is 1.07 bits per heavy atom. The minimum Gasteiger partial charge on any atom is -0.404 e. The van der Waals surface area contributed by atoms with Crippen molar-refractivity contribution in [2.45, 2.75) is 19.3 Å². The van der Waals surface area contributed by atoms with Crippen molar-refractivity contribution in [3.8, 4) is 5.75 Å². The Hall–Kier alpha value is -2.13. The van der Waals surface area contributed by atoms with Gasteiger partial charge in [0.15, 0.2) is 64.1 Å². The highest BCUT2D eigenvalue weighted by Gasteiger charge is 2.31. The molecule has 310 valence electrons. The van der Waals surface area contributed by atoms with Gasteiger partial charge in [-0.15, -0.1) is 20.4 Å². The van der Waals surface area contributed by atoms with Crippen LogP contribution in [0, 0.1) is 0 Å². The predicted molar refractivity (Wildman–Crippen MR) is 229 cm³/mol. The molecular weight excluding hydrogens is 982 g/mol. The molecule has 0 radical (unpaired) electrons. The first-order chi connectivity index (χ1) is 26.4. The number of halogens is 10. The van der Waals surface area contributed by atoms with Gasteiger partial charge in [0.2, 0.25) is 28.3 Å². The molecule has 3 aliphatic rings. The molecule has 18 nitrogen and oxygen atoms in total. The van der Waals surface area contributed by atoms with Crippen LogP contribution in [0.15, 0.2) is 38.3 Å². The van der Waals surface area contributed by atoms with Crippen LogP contribution in [0.4, 0.5) is 0 Å². The molecule has 6 heterocycles. The van der Waals surface area contributed by atoms with Crippen LogP contribution in [0.3, 0.4) is 0 Å². The van der Waals surface area contributed by atoms with Gasteiger partial charge in [-0.05, 0) is 39.8 Å². The predicted octanol–water partition coefficient (Wildman–Crippen LogP) is 7.10. The summed E-state index contributed by atoms with van der Waals surface area (Å²) in [6.45, 7) is 0. The van der Waals surface area contributed by atoms with Gasteiger partial charge in [0.1, 0.15) is 5.15 Å². The molecule has 0 unspecified atom stereocenters. The van der Waals surface area contributed by atoms with Crippen molar-refractivity contribution < 1.29 is 28.7 Å². The largest absolute Gasteiger partial charge is 0.404 e. The number of nitrogens with one attached hydrogen (secondary N) is 1. The number of hydroxylamine groups is 4. The fourth-order valence-electron chi connectivity index (χ4n) is 4.19. The van der Waals surface area contributed by atoms with E-state index in [-0.39, 0.29) is 20.9 Å². The van der Waals surface area contributed by atoms with E-state index >= 15 is 0 Å². The first-order valence-corrected chi connectivity index (χ1v) is 22.3. The van der Waals surface area contributed by atoms with Crippen LogP contribution in [0.5, 0.6) is 5.75 Å². The van der Waals surface area contributed by atoms with E-state index in [4.69, 9.17) is 91.3 Å². The van der Waals surface area contributed by atoms with E-state index in [1.54, 1.807) is 75.9 Å². The number of hydrogen-bond acceptors (Lipinski definition) is 14. The highest BCUT2D eigenvalue weighted by molar-refractivity contribution is 8.24. The van der Waals surface area contributed by atoms with E-state index in [0.29, 0.717) is 68.3 Å². The molecule has 0 spiro atoms. The van der Waals surface area contributed by atoms with E-state index in [0.717, 1.165) is 16.5 Å². The number of hydrogen-bond donors (Lipinski definition) is 2. The van der Waals surface area contributed by atoms with E-state index in [1.807, 2.05) is 0 Å². The van der Waals surface area contributed by atoms with E-state index in [1.165, 1.54) is 10.8 Å². The quantitative estimate of drug-likeness (QED) is 0.150. The Bertz CT molecular complexity index is 2230. The molecule has 3 aromatic heterocycles. The lowest BCUT2D eigenvalue weighted by Gasteiger charge is -2.13. The maximum absolute atomic E-state index is 11.6. The van der Waals surface area contributed by atoms with Crippen molar-refractivity contribution >= 4 is 153 Å². The Kier molecular flexibility index (Phi) is 21.1. The van der Waals surface area contributed by atoms with E-state index in [2.05, 4.69) is 79.6 Å². The van der Waals surface area contributed by atoms with Crippen molar-refractivity contribution in [3.05, 3.63) is 66.0 Å². The molecule has 6 rings (SSSR count). The standard InChI is InChI=1S/C10H12Cl2N5O.C8H6Cl3N4.C8H6Cl2N4O.C2H7NO.Cl3OP/c1-16(2)18-7-5-8(11)13-14-10(7)6-4-9(12)15-17(6)3;1-15-5(3-7(11)14-15)8-4(9)2-6(10)12-13-8;1-14-4(2-7(10)13-14)8-5(15)3-6(9)11-12-8;1-3(2)4;1-5(2,3)4/h5H,4H2,1-3H3;2H,3H2,1H3;3H,2H2,1H3;4H,1-2H3;/q2*+1;;;/p+1. The fourth-order valence-corrected chi connectivity index (χ4v) is 5.64. The summed E-state index contributed by atoms with van der Waals surface area (Å²) in [6, 6.07) is 4.42. The average Bonchev–Trinajstić information content (AvgIpc) is 3.69. The van der Waals surface area contributed by atoms with Crippen LogP contribution in [0.25, 0.3) is 0 Å². The molecule has 0 atom stereocenters. The van der Waals surface area contributed by atoms with Gasteiger partial charge < -0.3 is 10.0 Å². The zero-order valence-corrected chi connectivity index (χ0v) is 39.0. The lowest BCUT2D eigenvalue weighted by molar-refractivity contribution is -0.498. The van der Waals surface area contributed by atoms with Gasteiger partial charge in [-0.3, -0.25) is 14.5 Å². The smallest absolute Gasteiger partial charge is 0.339 e. The van der Waals surface area contributed by atoms with Gasteiger partial charge in [0.25, 0.3) is 0 Å². The highest BCUT2D eigenvalue weighted by Crippen LogP contribution is 2.61. The summed E-state index contributed by atoms with van der Waals surface area (Å²) in [5.74, 6) is 0.517. The monoisotopic (exact) mass is 1010 g/mol. The van der Waals surface area contributed by atoms with Gasteiger partial charge in [-0.25, -0.2) is 0 Å². The number of rotatable bonds is 5. The SMILES string of the molecule is CN(C)O.CN(C)Oc1cc(Cl)nnc1C1=[N+](C)N=C(Cl)C1.C[N+]1=C(c2n[nH]c(Cl)cc2=O)CC(Cl)=N1.C[N+]1=C(c2nnc(Cl)cc2Cl)CC(Cl)=N1.O=P(Cl)(Cl)Cl. The van der Waals surface area contributed by atoms with Crippen LogP contribution in [0.1, 0.15) is 36.3 Å². The fraction of sp³-hybridized carbons (Fsp3) is 0.357. The maximum Gasteiger partial charge on any atom is 0.339 e. The van der Waals surface area contributed by atoms with Crippen molar-refractivity contribution in [2.24, 2.45) is 15.3 Å². The Morgan fingerprint density at radius 3 is 1.44 bits per heavy atom. The van der Waals surface area contributed by atoms with Crippen molar-refractivity contribution in [1.29, 1.82) is 0 Å². The molecule has 2 N–H and O–H groups in total. The molecule has 3 aromatic rings. The summed E-state index contributed by atoms with van der Waals surface area (Å²) in [6.07, 6.45) is 1.42. The number of aromatic amines is 1. The third-order valence-corrected chi connectivity index (χ3v) is 7.68.